The molecule has 0 saturated heterocycles. The van der Waals surface area contributed by atoms with Gasteiger partial charge in [-0.2, -0.15) is 13.2 Å². The van der Waals surface area contributed by atoms with E-state index in [0.29, 0.717) is 17.1 Å². The van der Waals surface area contributed by atoms with Crippen LogP contribution in [0.3, 0.4) is 0 Å². The first kappa shape index (κ1) is 16.0. The lowest BCUT2D eigenvalue weighted by atomic mass is 10.3. The molecule has 0 aromatic carbocycles. The van der Waals surface area contributed by atoms with Gasteiger partial charge in [-0.1, -0.05) is 0 Å². The van der Waals surface area contributed by atoms with Gasteiger partial charge in [-0.05, 0) is 12.5 Å². The van der Waals surface area contributed by atoms with Crippen molar-refractivity contribution in [2.75, 3.05) is 19.7 Å². The Morgan fingerprint density at radius 2 is 2.19 bits per heavy atom. The molecule has 0 atom stereocenters. The number of aromatic nitrogens is 1. The molecule has 0 amide bonds. The van der Waals surface area contributed by atoms with Gasteiger partial charge in [-0.15, -0.1) is 11.3 Å². The first-order valence-corrected chi connectivity index (χ1v) is 7.23. The van der Waals surface area contributed by atoms with Crippen LogP contribution in [0, 0.1) is 0 Å². The number of hydrogen-bond acceptors (Lipinski definition) is 5. The van der Waals surface area contributed by atoms with Gasteiger partial charge >= 0.3 is 6.18 Å². The van der Waals surface area contributed by atoms with Gasteiger partial charge in [-0.3, -0.25) is 4.90 Å². The molecule has 0 spiro atoms. The lowest BCUT2D eigenvalue weighted by Crippen LogP contribution is -2.35. The van der Waals surface area contributed by atoms with E-state index in [0.717, 1.165) is 5.56 Å². The Bertz CT molecular complexity index is 540. The molecule has 0 aliphatic heterocycles. The molecule has 0 aliphatic rings. The first-order valence-electron chi connectivity index (χ1n) is 6.35. The van der Waals surface area contributed by atoms with Crippen LogP contribution in [0.25, 0.3) is 10.6 Å². The molecule has 1 N–H and O–H groups in total. The molecule has 4 nitrogen and oxygen atoms in total. The van der Waals surface area contributed by atoms with Gasteiger partial charge in [0.25, 0.3) is 0 Å². The van der Waals surface area contributed by atoms with E-state index in [2.05, 4.69) is 4.98 Å². The van der Waals surface area contributed by atoms with Crippen LogP contribution in [0.4, 0.5) is 13.2 Å². The fraction of sp³-hybridized carbons (Fsp3) is 0.462. The Labute approximate surface area is 123 Å². The van der Waals surface area contributed by atoms with Gasteiger partial charge in [0.2, 0.25) is 0 Å². The van der Waals surface area contributed by atoms with E-state index < -0.39 is 12.7 Å². The molecule has 8 heteroatoms. The summed E-state index contributed by atoms with van der Waals surface area (Å²) >= 11 is 1.36. The maximum Gasteiger partial charge on any atom is 0.401 e. The second-order valence-electron chi connectivity index (χ2n) is 4.56. The maximum atomic E-state index is 12.5. The minimum Gasteiger partial charge on any atom is -0.472 e. The Hall–Kier alpha value is -1.38. The van der Waals surface area contributed by atoms with Crippen LogP contribution >= 0.6 is 11.3 Å². The lowest BCUT2D eigenvalue weighted by molar-refractivity contribution is -0.147. The molecule has 0 bridgehead atoms. The highest BCUT2D eigenvalue weighted by molar-refractivity contribution is 7.13. The summed E-state index contributed by atoms with van der Waals surface area (Å²) in [6.45, 7) is -0.861. The number of nitrogens with zero attached hydrogens (tertiary/aromatic N) is 2. The predicted octanol–water partition coefficient (Wildman–Crippen LogP) is 3.15. The van der Waals surface area contributed by atoms with Gasteiger partial charge in [0.15, 0.2) is 0 Å². The van der Waals surface area contributed by atoms with Crippen molar-refractivity contribution in [2.45, 2.75) is 19.1 Å². The normalized spacial score (nSPS) is 12.2. The molecule has 116 valence electrons. The third-order valence-corrected chi connectivity index (χ3v) is 3.68. The summed E-state index contributed by atoms with van der Waals surface area (Å²) in [5, 5.41) is 11.2. The molecule has 21 heavy (non-hydrogen) atoms. The summed E-state index contributed by atoms with van der Waals surface area (Å²) in [4.78, 5) is 5.56. The zero-order valence-corrected chi connectivity index (χ0v) is 12.0. The topological polar surface area (TPSA) is 49.5 Å². The van der Waals surface area contributed by atoms with Crippen LogP contribution in [0.1, 0.15) is 12.1 Å². The van der Waals surface area contributed by atoms with E-state index in [4.69, 9.17) is 9.52 Å². The highest BCUT2D eigenvalue weighted by Crippen LogP contribution is 2.25. The van der Waals surface area contributed by atoms with Gasteiger partial charge in [0.1, 0.15) is 11.3 Å². The number of hydrogen-bond donors (Lipinski definition) is 1. The SMILES string of the molecule is OCCCN(Cc1csc(-c2ccoc2)n1)CC(F)(F)F. The molecular formula is C13H15F3N2O2S. The molecule has 2 heterocycles. The smallest absolute Gasteiger partial charge is 0.401 e. The highest BCUT2D eigenvalue weighted by atomic mass is 32.1. The summed E-state index contributed by atoms with van der Waals surface area (Å²) in [7, 11) is 0. The largest absolute Gasteiger partial charge is 0.472 e. The molecule has 2 aromatic heterocycles. The fourth-order valence-corrected chi connectivity index (χ4v) is 2.69. The monoisotopic (exact) mass is 320 g/mol. The van der Waals surface area contributed by atoms with Crippen LogP contribution in [0.15, 0.2) is 28.4 Å². The zero-order valence-electron chi connectivity index (χ0n) is 11.1. The summed E-state index contributed by atoms with van der Waals surface area (Å²) < 4.78 is 42.5. The van der Waals surface area contributed by atoms with Crippen LogP contribution in [-0.4, -0.2) is 40.9 Å². The lowest BCUT2D eigenvalue weighted by Gasteiger charge is -2.22. The quantitative estimate of drug-likeness (QED) is 0.851. The van der Waals surface area contributed by atoms with Crippen molar-refractivity contribution in [1.29, 1.82) is 0 Å². The summed E-state index contributed by atoms with van der Waals surface area (Å²) in [6, 6.07) is 1.75. The average Bonchev–Trinajstić information content (AvgIpc) is 3.04. The molecule has 2 aromatic rings. The highest BCUT2D eigenvalue weighted by Gasteiger charge is 2.30. The number of furan rings is 1. The van der Waals surface area contributed by atoms with E-state index in [1.54, 1.807) is 17.7 Å². The van der Waals surface area contributed by atoms with Crippen LogP contribution < -0.4 is 0 Å². The molecular weight excluding hydrogens is 305 g/mol. The number of halogens is 3. The maximum absolute atomic E-state index is 12.5. The van der Waals surface area contributed by atoms with Gasteiger partial charge in [-0.25, -0.2) is 4.98 Å². The molecule has 0 radical (unpaired) electrons. The molecule has 0 saturated carbocycles. The molecule has 0 fully saturated rings. The Morgan fingerprint density at radius 3 is 2.81 bits per heavy atom. The molecule has 2 rings (SSSR count). The number of thiazole rings is 1. The summed E-state index contributed by atoms with van der Waals surface area (Å²) in [5.74, 6) is 0. The second kappa shape index (κ2) is 7.06. The Kier molecular flexibility index (Phi) is 5.38. The second-order valence-corrected chi connectivity index (χ2v) is 5.42. The van der Waals surface area contributed by atoms with E-state index in [9.17, 15) is 13.2 Å². The minimum atomic E-state index is -4.27. The van der Waals surface area contributed by atoms with Crippen molar-refractivity contribution in [3.63, 3.8) is 0 Å². The number of alkyl halides is 3. The summed E-state index contributed by atoms with van der Waals surface area (Å²) in [5.41, 5.74) is 1.39. The van der Waals surface area contributed by atoms with Crippen molar-refractivity contribution in [3.8, 4) is 10.6 Å². The first-order chi connectivity index (χ1) is 9.98. The zero-order chi connectivity index (χ0) is 15.3. The average molecular weight is 320 g/mol. The van der Waals surface area contributed by atoms with Crippen LogP contribution in [0.5, 0.6) is 0 Å². The number of aliphatic hydroxyl groups excluding tert-OH is 1. The number of rotatable bonds is 7. The Morgan fingerprint density at radius 1 is 1.38 bits per heavy atom. The van der Waals surface area contributed by atoms with Gasteiger partial charge in [0, 0.05) is 30.6 Å². The standard InChI is InChI=1S/C13H15F3N2O2S/c14-13(15,16)9-18(3-1-4-19)6-11-8-21-12(17-11)10-2-5-20-7-10/h2,5,7-8,19H,1,3-4,6,9H2. The Balaban J connectivity index is 2.02. The third kappa shape index (κ3) is 5.14. The summed E-state index contributed by atoms with van der Waals surface area (Å²) in [6.07, 6.45) is -0.900. The van der Waals surface area contributed by atoms with Gasteiger partial charge in [0.05, 0.1) is 18.5 Å². The van der Waals surface area contributed by atoms with Gasteiger partial charge < -0.3 is 9.52 Å². The van der Waals surface area contributed by atoms with E-state index in [1.807, 2.05) is 0 Å². The van der Waals surface area contributed by atoms with Crippen LogP contribution in [0.2, 0.25) is 0 Å². The van der Waals surface area contributed by atoms with Crippen molar-refractivity contribution >= 4 is 11.3 Å². The van der Waals surface area contributed by atoms with E-state index >= 15 is 0 Å². The van der Waals surface area contributed by atoms with E-state index in [-0.39, 0.29) is 19.7 Å². The molecule has 0 unspecified atom stereocenters. The fourth-order valence-electron chi connectivity index (χ4n) is 1.89. The van der Waals surface area contributed by atoms with E-state index in [1.165, 1.54) is 22.5 Å². The third-order valence-electron chi connectivity index (χ3n) is 2.74. The predicted molar refractivity (Wildman–Crippen MR) is 72.9 cm³/mol. The minimum absolute atomic E-state index is 0.105. The van der Waals surface area contributed by atoms with Crippen molar-refractivity contribution in [1.82, 2.24) is 9.88 Å². The van der Waals surface area contributed by atoms with Crippen molar-refractivity contribution < 1.29 is 22.7 Å². The van der Waals surface area contributed by atoms with Crippen LogP contribution in [-0.2, 0) is 6.54 Å². The van der Waals surface area contributed by atoms with Crippen molar-refractivity contribution in [2.24, 2.45) is 0 Å². The number of aliphatic hydroxyl groups is 1. The van der Waals surface area contributed by atoms with Crippen molar-refractivity contribution in [3.05, 3.63) is 29.7 Å². The molecule has 0 aliphatic carbocycles.